The summed E-state index contributed by atoms with van der Waals surface area (Å²) in [5.41, 5.74) is -0.0694. The number of nitrogens with zero attached hydrogens (tertiary/aromatic N) is 1. The Balaban J connectivity index is 1.65. The lowest BCUT2D eigenvalue weighted by Gasteiger charge is -2.07. The highest BCUT2D eigenvalue weighted by molar-refractivity contribution is 5.85. The number of furan rings is 1. The Labute approximate surface area is 136 Å². The summed E-state index contributed by atoms with van der Waals surface area (Å²) in [7, 11) is 0. The zero-order chi connectivity index (χ0) is 17.4. The number of hydrogen-bond acceptors (Lipinski definition) is 6. The Bertz CT molecular complexity index is 697. The molecule has 0 bridgehead atoms. The molecule has 1 aromatic carbocycles. The van der Waals surface area contributed by atoms with E-state index >= 15 is 0 Å². The summed E-state index contributed by atoms with van der Waals surface area (Å²) in [6, 6.07) is 8.75. The third-order valence-electron chi connectivity index (χ3n) is 2.90. The fourth-order valence-electron chi connectivity index (χ4n) is 1.70. The molecule has 2 N–H and O–H groups in total. The Morgan fingerprint density at radius 3 is 2.50 bits per heavy atom. The van der Waals surface area contributed by atoms with Crippen LogP contribution in [0.15, 0.2) is 47.1 Å². The van der Waals surface area contributed by atoms with Crippen LogP contribution in [-0.4, -0.2) is 29.9 Å². The Morgan fingerprint density at radius 1 is 1.12 bits per heavy atom. The van der Waals surface area contributed by atoms with Crippen molar-refractivity contribution in [1.82, 2.24) is 10.6 Å². The van der Waals surface area contributed by atoms with Gasteiger partial charge < -0.3 is 19.8 Å². The lowest BCUT2D eigenvalue weighted by atomic mass is 10.3. The maximum atomic E-state index is 11.6. The van der Waals surface area contributed by atoms with Gasteiger partial charge in [-0.2, -0.15) is 0 Å². The van der Waals surface area contributed by atoms with Crippen LogP contribution in [-0.2, 0) is 16.1 Å². The number of carbonyl (C=O) groups excluding carboxylic acids is 2. The van der Waals surface area contributed by atoms with Gasteiger partial charge in [0.2, 0.25) is 5.91 Å². The van der Waals surface area contributed by atoms with Crippen molar-refractivity contribution >= 4 is 17.5 Å². The zero-order valence-corrected chi connectivity index (χ0v) is 12.6. The smallest absolute Gasteiger partial charge is 0.269 e. The van der Waals surface area contributed by atoms with Gasteiger partial charge in [-0.1, -0.05) is 0 Å². The maximum absolute atomic E-state index is 11.6. The number of nitrogens with one attached hydrogen (secondary N) is 2. The number of rotatable bonds is 8. The molecule has 0 radical (unpaired) electrons. The molecule has 0 aliphatic carbocycles. The monoisotopic (exact) mass is 333 g/mol. The van der Waals surface area contributed by atoms with Crippen molar-refractivity contribution in [2.24, 2.45) is 0 Å². The van der Waals surface area contributed by atoms with Gasteiger partial charge in [0, 0.05) is 12.1 Å². The highest BCUT2D eigenvalue weighted by Gasteiger charge is 2.08. The molecule has 0 aliphatic heterocycles. The van der Waals surface area contributed by atoms with Crippen LogP contribution in [0.1, 0.15) is 5.76 Å². The average Bonchev–Trinajstić information content (AvgIpc) is 3.10. The molecule has 0 aliphatic rings. The van der Waals surface area contributed by atoms with Crippen molar-refractivity contribution in [3.8, 4) is 5.75 Å². The van der Waals surface area contributed by atoms with Crippen LogP contribution < -0.4 is 15.4 Å². The van der Waals surface area contributed by atoms with Gasteiger partial charge in [-0.15, -0.1) is 0 Å². The molecular weight excluding hydrogens is 318 g/mol. The average molecular weight is 333 g/mol. The van der Waals surface area contributed by atoms with Crippen LogP contribution in [0.5, 0.6) is 5.75 Å². The van der Waals surface area contributed by atoms with Crippen LogP contribution in [0, 0.1) is 10.1 Å². The molecule has 0 atom stereocenters. The Morgan fingerprint density at radius 2 is 1.88 bits per heavy atom. The molecule has 0 fully saturated rings. The summed E-state index contributed by atoms with van der Waals surface area (Å²) in [6.45, 7) is -0.257. The summed E-state index contributed by atoms with van der Waals surface area (Å²) in [6.07, 6.45) is 1.50. The van der Waals surface area contributed by atoms with Gasteiger partial charge >= 0.3 is 0 Å². The van der Waals surface area contributed by atoms with E-state index < -0.39 is 10.8 Å². The van der Waals surface area contributed by atoms with Crippen LogP contribution in [0.3, 0.4) is 0 Å². The largest absolute Gasteiger partial charge is 0.484 e. The van der Waals surface area contributed by atoms with Gasteiger partial charge in [0.15, 0.2) is 6.61 Å². The molecule has 1 aromatic heterocycles. The van der Waals surface area contributed by atoms with Crippen LogP contribution in [0.2, 0.25) is 0 Å². The number of carbonyl (C=O) groups is 2. The molecule has 0 saturated heterocycles. The van der Waals surface area contributed by atoms with Gasteiger partial charge in [0.1, 0.15) is 11.5 Å². The number of nitro groups is 1. The molecule has 9 nitrogen and oxygen atoms in total. The van der Waals surface area contributed by atoms with E-state index in [4.69, 9.17) is 9.15 Å². The lowest BCUT2D eigenvalue weighted by Crippen LogP contribution is -2.38. The summed E-state index contributed by atoms with van der Waals surface area (Å²) >= 11 is 0. The first-order valence-corrected chi connectivity index (χ1v) is 6.97. The van der Waals surface area contributed by atoms with Crippen LogP contribution in [0.25, 0.3) is 0 Å². The fourth-order valence-corrected chi connectivity index (χ4v) is 1.70. The molecule has 1 heterocycles. The van der Waals surface area contributed by atoms with Crippen LogP contribution in [0.4, 0.5) is 5.69 Å². The van der Waals surface area contributed by atoms with Crippen LogP contribution >= 0.6 is 0 Å². The van der Waals surface area contributed by atoms with E-state index in [-0.39, 0.29) is 31.3 Å². The van der Waals surface area contributed by atoms with E-state index in [0.29, 0.717) is 11.5 Å². The molecule has 0 saturated carbocycles. The standard InChI is InChI=1S/C15H15N3O6/c19-14(16-8-13-2-1-7-23-13)9-17-15(20)10-24-12-5-3-11(4-6-12)18(21)22/h1-7H,8-10H2,(H,16,19)(H,17,20). The number of nitro benzene ring substituents is 1. The Kier molecular flexibility index (Phi) is 5.89. The first-order chi connectivity index (χ1) is 11.5. The van der Waals surface area contributed by atoms with Gasteiger partial charge in [0.25, 0.3) is 11.6 Å². The predicted octanol–water partition coefficient (Wildman–Crippen LogP) is 0.999. The fraction of sp³-hybridized carbons (Fsp3) is 0.200. The van der Waals surface area contributed by atoms with E-state index in [1.807, 2.05) is 0 Å². The van der Waals surface area contributed by atoms with E-state index in [0.717, 1.165) is 0 Å². The third kappa shape index (κ3) is 5.44. The van der Waals surface area contributed by atoms with Gasteiger partial charge in [-0.25, -0.2) is 0 Å². The van der Waals surface area contributed by atoms with E-state index in [1.165, 1.54) is 30.5 Å². The first-order valence-electron chi connectivity index (χ1n) is 6.97. The van der Waals surface area contributed by atoms with Crippen molar-refractivity contribution in [2.45, 2.75) is 6.54 Å². The van der Waals surface area contributed by atoms with Gasteiger partial charge in [-0.05, 0) is 24.3 Å². The van der Waals surface area contributed by atoms with E-state index in [9.17, 15) is 19.7 Å². The third-order valence-corrected chi connectivity index (χ3v) is 2.90. The lowest BCUT2D eigenvalue weighted by molar-refractivity contribution is -0.384. The molecule has 0 spiro atoms. The second kappa shape index (κ2) is 8.32. The number of hydrogen-bond donors (Lipinski definition) is 2. The topological polar surface area (TPSA) is 124 Å². The highest BCUT2D eigenvalue weighted by atomic mass is 16.6. The molecule has 2 aromatic rings. The number of non-ortho nitro benzene ring substituents is 1. The van der Waals surface area contributed by atoms with E-state index in [2.05, 4.69) is 10.6 Å². The van der Waals surface area contributed by atoms with Gasteiger partial charge in [-0.3, -0.25) is 19.7 Å². The zero-order valence-electron chi connectivity index (χ0n) is 12.6. The number of amides is 2. The van der Waals surface area contributed by atoms with Gasteiger partial charge in [0.05, 0.1) is 24.3 Å². The summed E-state index contributed by atoms with van der Waals surface area (Å²) in [4.78, 5) is 33.1. The quantitative estimate of drug-likeness (QED) is 0.548. The summed E-state index contributed by atoms with van der Waals surface area (Å²) < 4.78 is 10.2. The van der Waals surface area contributed by atoms with Crippen molar-refractivity contribution in [3.63, 3.8) is 0 Å². The second-order valence-corrected chi connectivity index (χ2v) is 4.67. The number of benzene rings is 1. The minimum atomic E-state index is -0.530. The minimum Gasteiger partial charge on any atom is -0.484 e. The first kappa shape index (κ1) is 17.0. The molecule has 24 heavy (non-hydrogen) atoms. The second-order valence-electron chi connectivity index (χ2n) is 4.67. The number of ether oxygens (including phenoxy) is 1. The van der Waals surface area contributed by atoms with E-state index in [1.54, 1.807) is 12.1 Å². The molecule has 2 rings (SSSR count). The summed E-state index contributed by atoms with van der Waals surface area (Å²) in [5, 5.41) is 15.5. The molecule has 126 valence electrons. The SMILES string of the molecule is O=C(CNC(=O)COc1ccc([N+](=O)[O-])cc1)NCc1ccco1. The van der Waals surface area contributed by atoms with Crippen molar-refractivity contribution in [2.75, 3.05) is 13.2 Å². The Hall–Kier alpha value is -3.36. The molecule has 0 unspecified atom stereocenters. The minimum absolute atomic E-state index is 0.0694. The molecule has 9 heteroatoms. The predicted molar refractivity (Wildman–Crippen MR) is 82.2 cm³/mol. The van der Waals surface area contributed by atoms with Crippen molar-refractivity contribution < 1.29 is 23.7 Å². The maximum Gasteiger partial charge on any atom is 0.269 e. The van der Waals surface area contributed by atoms with Crippen molar-refractivity contribution in [3.05, 3.63) is 58.5 Å². The normalized spacial score (nSPS) is 10.0. The summed E-state index contributed by atoms with van der Waals surface area (Å²) in [5.74, 6) is 0.0748. The highest BCUT2D eigenvalue weighted by Crippen LogP contribution is 2.16. The molecule has 2 amide bonds. The molecular formula is C15H15N3O6. The van der Waals surface area contributed by atoms with Crippen molar-refractivity contribution in [1.29, 1.82) is 0 Å².